The fourth-order valence-corrected chi connectivity index (χ4v) is 3.77. The molecular formula is C16H25N3O6S2. The molecule has 11 heteroatoms. The van der Waals surface area contributed by atoms with Crippen LogP contribution in [0.25, 0.3) is 0 Å². The summed E-state index contributed by atoms with van der Waals surface area (Å²) in [4.78, 5) is 14.2. The largest absolute Gasteiger partial charge is 0.488 e. The molecule has 2 atom stereocenters. The lowest BCUT2D eigenvalue weighted by Gasteiger charge is -2.34. The Hall–Kier alpha value is -1.85. The van der Waals surface area contributed by atoms with E-state index in [1.165, 1.54) is 34.5 Å². The van der Waals surface area contributed by atoms with Crippen molar-refractivity contribution in [2.75, 3.05) is 44.4 Å². The maximum atomic E-state index is 12.7. The highest BCUT2D eigenvalue weighted by Crippen LogP contribution is 2.29. The molecule has 27 heavy (non-hydrogen) atoms. The lowest BCUT2D eigenvalue weighted by atomic mass is 10.0. The highest BCUT2D eigenvalue weighted by molar-refractivity contribution is 7.92. The summed E-state index contributed by atoms with van der Waals surface area (Å²) in [7, 11) is -3.76. The van der Waals surface area contributed by atoms with E-state index in [0.29, 0.717) is 6.54 Å². The minimum atomic E-state index is -3.49. The van der Waals surface area contributed by atoms with Gasteiger partial charge in [-0.05, 0) is 18.2 Å². The van der Waals surface area contributed by atoms with E-state index in [1.54, 1.807) is 7.05 Å². The maximum absolute atomic E-state index is 12.7. The Bertz CT molecular complexity index is 929. The van der Waals surface area contributed by atoms with Crippen LogP contribution in [0.4, 0.5) is 5.69 Å². The van der Waals surface area contributed by atoms with E-state index < -0.39 is 26.2 Å². The molecule has 0 fully saturated rings. The van der Waals surface area contributed by atoms with E-state index in [9.17, 15) is 21.6 Å². The van der Waals surface area contributed by atoms with Gasteiger partial charge in [-0.2, -0.15) is 0 Å². The minimum absolute atomic E-state index is 0.120. The Morgan fingerprint density at radius 2 is 1.89 bits per heavy atom. The molecule has 0 aliphatic carbocycles. The summed E-state index contributed by atoms with van der Waals surface area (Å²) in [5, 5.41) is 0. The zero-order chi connectivity index (χ0) is 20.6. The van der Waals surface area contributed by atoms with Crippen LogP contribution in [0.2, 0.25) is 0 Å². The van der Waals surface area contributed by atoms with Crippen molar-refractivity contribution in [3.05, 3.63) is 23.8 Å². The van der Waals surface area contributed by atoms with Gasteiger partial charge in [0.15, 0.2) is 0 Å². The predicted molar refractivity (Wildman–Crippen MR) is 103 cm³/mol. The predicted octanol–water partition coefficient (Wildman–Crippen LogP) is 0.419. The van der Waals surface area contributed by atoms with Crippen LogP contribution in [-0.4, -0.2) is 77.7 Å². The first-order valence-electron chi connectivity index (χ1n) is 8.23. The van der Waals surface area contributed by atoms with Gasteiger partial charge in [-0.3, -0.25) is 9.52 Å². The number of carbonyl (C=O) groups excluding carboxylic acids is 1. The number of ether oxygens (including phenoxy) is 1. The van der Waals surface area contributed by atoms with Gasteiger partial charge in [-0.1, -0.05) is 6.92 Å². The minimum Gasteiger partial charge on any atom is -0.488 e. The Labute approximate surface area is 160 Å². The lowest BCUT2D eigenvalue weighted by Crippen LogP contribution is -2.46. The molecule has 152 valence electrons. The Kier molecular flexibility index (Phi) is 6.07. The van der Waals surface area contributed by atoms with E-state index in [-0.39, 0.29) is 35.4 Å². The highest BCUT2D eigenvalue weighted by Gasteiger charge is 2.31. The summed E-state index contributed by atoms with van der Waals surface area (Å²) in [6.45, 7) is 2.38. The summed E-state index contributed by atoms with van der Waals surface area (Å²) in [5.41, 5.74) is 0.463. The zero-order valence-corrected chi connectivity index (χ0v) is 17.6. The molecule has 9 nitrogen and oxygen atoms in total. The normalized spacial score (nSPS) is 21.3. The van der Waals surface area contributed by atoms with Crippen molar-refractivity contribution in [2.45, 2.75) is 13.0 Å². The molecule has 1 N–H and O–H groups in total. The first kappa shape index (κ1) is 21.5. The molecule has 0 saturated heterocycles. The van der Waals surface area contributed by atoms with E-state index in [4.69, 9.17) is 4.74 Å². The van der Waals surface area contributed by atoms with Crippen molar-refractivity contribution in [2.24, 2.45) is 5.92 Å². The fourth-order valence-electron chi connectivity index (χ4n) is 2.80. The van der Waals surface area contributed by atoms with Crippen LogP contribution >= 0.6 is 0 Å². The molecule has 1 aliphatic rings. The molecule has 1 amide bonds. The highest BCUT2D eigenvalue weighted by atomic mass is 32.2. The molecule has 1 aliphatic heterocycles. The molecule has 1 aromatic rings. The second-order valence-corrected chi connectivity index (χ2v) is 10.8. The van der Waals surface area contributed by atoms with Gasteiger partial charge in [-0.15, -0.1) is 0 Å². The number of nitrogens with zero attached hydrogens (tertiary/aromatic N) is 2. The topological polar surface area (TPSA) is 113 Å². The van der Waals surface area contributed by atoms with Crippen LogP contribution in [0.5, 0.6) is 5.75 Å². The molecule has 2 rings (SSSR count). The van der Waals surface area contributed by atoms with Crippen molar-refractivity contribution in [3.63, 3.8) is 0 Å². The third-order valence-electron chi connectivity index (χ3n) is 4.34. The maximum Gasteiger partial charge on any atom is 0.257 e. The number of fused-ring (bicyclic) bond motifs is 1. The Morgan fingerprint density at radius 3 is 2.44 bits per heavy atom. The molecule has 1 aromatic carbocycles. The average molecular weight is 420 g/mol. The fraction of sp³-hybridized carbons (Fsp3) is 0.562. The van der Waals surface area contributed by atoms with Crippen LogP contribution in [0, 0.1) is 5.92 Å². The summed E-state index contributed by atoms with van der Waals surface area (Å²) in [6.07, 6.45) is 1.66. The third kappa shape index (κ3) is 5.56. The smallest absolute Gasteiger partial charge is 0.257 e. The van der Waals surface area contributed by atoms with E-state index in [2.05, 4.69) is 4.72 Å². The monoisotopic (exact) mass is 419 g/mol. The van der Waals surface area contributed by atoms with Gasteiger partial charge in [0.05, 0.1) is 24.6 Å². The third-order valence-corrected chi connectivity index (χ3v) is 6.23. The molecule has 0 aromatic heterocycles. The molecule has 0 saturated carbocycles. The van der Waals surface area contributed by atoms with Crippen LogP contribution in [0.3, 0.4) is 0 Å². The van der Waals surface area contributed by atoms with Crippen LogP contribution in [0.1, 0.15) is 17.3 Å². The van der Waals surface area contributed by atoms with Crippen molar-refractivity contribution < 1.29 is 26.4 Å². The Balaban J connectivity index is 2.42. The van der Waals surface area contributed by atoms with Gasteiger partial charge in [0, 0.05) is 32.2 Å². The van der Waals surface area contributed by atoms with E-state index in [1.807, 2.05) is 6.92 Å². The number of benzene rings is 1. The van der Waals surface area contributed by atoms with Crippen LogP contribution in [-0.2, 0) is 20.0 Å². The number of rotatable bonds is 5. The van der Waals surface area contributed by atoms with Gasteiger partial charge >= 0.3 is 0 Å². The van der Waals surface area contributed by atoms with Crippen molar-refractivity contribution in [1.29, 1.82) is 0 Å². The molecule has 1 heterocycles. The number of nitrogens with one attached hydrogen (secondary N) is 1. The molecule has 0 bridgehead atoms. The summed E-state index contributed by atoms with van der Waals surface area (Å²) in [5.74, 6) is -0.140. The van der Waals surface area contributed by atoms with Gasteiger partial charge in [0.1, 0.15) is 11.9 Å². The van der Waals surface area contributed by atoms with Crippen LogP contribution in [0.15, 0.2) is 18.2 Å². The second-order valence-electron chi connectivity index (χ2n) is 6.95. The van der Waals surface area contributed by atoms with Crippen LogP contribution < -0.4 is 9.46 Å². The number of sulfonamides is 2. The quantitative estimate of drug-likeness (QED) is 0.740. The van der Waals surface area contributed by atoms with Gasteiger partial charge in [0.25, 0.3) is 5.91 Å². The lowest BCUT2D eigenvalue weighted by molar-refractivity contribution is 0.0605. The summed E-state index contributed by atoms with van der Waals surface area (Å²) < 4.78 is 55.9. The SMILES string of the molecule is C[C@@H]1CN(C)C(=O)c2cc(NS(C)(=O)=O)ccc2O[C@H]1CN(C)S(C)(=O)=O. The molecule has 0 spiro atoms. The van der Waals surface area contributed by atoms with Gasteiger partial charge in [-0.25, -0.2) is 21.1 Å². The summed E-state index contributed by atoms with van der Waals surface area (Å²) in [6, 6.07) is 4.43. The van der Waals surface area contributed by atoms with Crippen molar-refractivity contribution in [3.8, 4) is 5.75 Å². The number of amides is 1. The van der Waals surface area contributed by atoms with Gasteiger partial charge < -0.3 is 9.64 Å². The summed E-state index contributed by atoms with van der Waals surface area (Å²) >= 11 is 0. The number of carbonyl (C=O) groups is 1. The first-order chi connectivity index (χ1) is 12.3. The van der Waals surface area contributed by atoms with Gasteiger partial charge in [0.2, 0.25) is 20.0 Å². The van der Waals surface area contributed by atoms with E-state index >= 15 is 0 Å². The molecular weight excluding hydrogens is 394 g/mol. The first-order valence-corrected chi connectivity index (χ1v) is 12.0. The second kappa shape index (κ2) is 7.64. The molecule has 0 radical (unpaired) electrons. The average Bonchev–Trinajstić information content (AvgIpc) is 2.51. The number of hydrogen-bond donors (Lipinski definition) is 1. The van der Waals surface area contributed by atoms with E-state index in [0.717, 1.165) is 12.5 Å². The van der Waals surface area contributed by atoms with Crippen molar-refractivity contribution in [1.82, 2.24) is 9.21 Å². The molecule has 0 unspecified atom stereocenters. The number of likely N-dealkylation sites (N-methyl/N-ethyl adjacent to an activating group) is 1. The standard InChI is InChI=1S/C16H25N3O6S2/c1-11-9-18(2)16(20)13-8-12(17-26(4,21)22)6-7-14(13)25-15(11)10-19(3)27(5,23)24/h6-8,11,15,17H,9-10H2,1-5H3/t11-,15+/m1/s1. The zero-order valence-electron chi connectivity index (χ0n) is 16.0. The van der Waals surface area contributed by atoms with Crippen molar-refractivity contribution >= 4 is 31.6 Å². The Morgan fingerprint density at radius 1 is 1.26 bits per heavy atom. The number of anilines is 1. The number of hydrogen-bond acceptors (Lipinski definition) is 6.